The van der Waals surface area contributed by atoms with Crippen LogP contribution in [0.15, 0.2) is 42.6 Å². The Morgan fingerprint density at radius 1 is 1.03 bits per heavy atom. The molecular formula is C30H30Cl2N4O2S. The van der Waals surface area contributed by atoms with Crippen LogP contribution >= 0.6 is 34.5 Å². The Balaban J connectivity index is 1.00. The lowest BCUT2D eigenvalue weighted by molar-refractivity contribution is 0.00958. The molecular weight excluding hydrogens is 551 g/mol. The minimum atomic E-state index is 0.240. The van der Waals surface area contributed by atoms with Gasteiger partial charge in [-0.25, -0.2) is 4.98 Å². The van der Waals surface area contributed by atoms with Crippen LogP contribution in [0, 0.1) is 5.92 Å². The van der Waals surface area contributed by atoms with Gasteiger partial charge in [0.1, 0.15) is 0 Å². The highest BCUT2D eigenvalue weighted by atomic mass is 35.5. The van der Waals surface area contributed by atoms with Gasteiger partial charge in [-0.05, 0) is 55.9 Å². The molecule has 9 heteroatoms. The average Bonchev–Trinajstić information content (AvgIpc) is 3.45. The first-order chi connectivity index (χ1) is 19.1. The molecule has 0 spiro atoms. The Morgan fingerprint density at radius 2 is 1.87 bits per heavy atom. The number of nitrogens with zero attached hydrogens (tertiary/aromatic N) is 4. The highest BCUT2D eigenvalue weighted by Gasteiger charge is 2.46. The van der Waals surface area contributed by atoms with Crippen LogP contribution in [-0.4, -0.2) is 46.7 Å². The van der Waals surface area contributed by atoms with E-state index in [1.54, 1.807) is 0 Å². The number of piperidine rings is 1. The topological polar surface area (TPSA) is 52.4 Å². The van der Waals surface area contributed by atoms with E-state index < -0.39 is 0 Å². The van der Waals surface area contributed by atoms with Crippen molar-refractivity contribution in [2.45, 2.75) is 62.8 Å². The zero-order valence-corrected chi connectivity index (χ0v) is 23.9. The van der Waals surface area contributed by atoms with Crippen molar-refractivity contribution in [1.82, 2.24) is 14.8 Å². The molecule has 4 heterocycles. The maximum absolute atomic E-state index is 6.67. The molecule has 0 unspecified atom stereocenters. The predicted octanol–water partition coefficient (Wildman–Crippen LogP) is 7.49. The molecule has 4 atom stereocenters. The molecule has 39 heavy (non-hydrogen) atoms. The van der Waals surface area contributed by atoms with Crippen LogP contribution in [0.1, 0.15) is 55.3 Å². The van der Waals surface area contributed by atoms with Gasteiger partial charge < -0.3 is 14.4 Å². The SMILES string of the molecule is Clc1cccc(Cl)c1-c1cnn(C2CC2)c1CO[C@@H]1C[C@@H]2C[C@H]1CN2c1nc2c([C@@H]3CCOC3)cccc2s1. The zero-order chi connectivity index (χ0) is 26.1. The summed E-state index contributed by atoms with van der Waals surface area (Å²) in [5, 5.41) is 7.19. The first kappa shape index (κ1) is 24.6. The van der Waals surface area contributed by atoms with Crippen LogP contribution in [0.3, 0.4) is 0 Å². The predicted molar refractivity (Wildman–Crippen MR) is 156 cm³/mol. The molecule has 202 valence electrons. The van der Waals surface area contributed by atoms with E-state index in [2.05, 4.69) is 27.8 Å². The molecule has 2 aromatic heterocycles. The van der Waals surface area contributed by atoms with Gasteiger partial charge in [0, 0.05) is 42.2 Å². The number of hydrogen-bond acceptors (Lipinski definition) is 6. The number of para-hydroxylation sites is 1. The highest BCUT2D eigenvalue weighted by Crippen LogP contribution is 2.46. The minimum Gasteiger partial charge on any atom is -0.381 e. The fourth-order valence-corrected chi connectivity index (χ4v) is 8.53. The van der Waals surface area contributed by atoms with Crippen molar-refractivity contribution in [3.8, 4) is 11.1 Å². The molecule has 4 aliphatic rings. The molecule has 2 aromatic carbocycles. The summed E-state index contributed by atoms with van der Waals surface area (Å²) in [6, 6.07) is 13.2. The van der Waals surface area contributed by atoms with Crippen LogP contribution in [-0.2, 0) is 16.1 Å². The fourth-order valence-electron chi connectivity index (χ4n) is 6.85. The quantitative estimate of drug-likeness (QED) is 0.226. The molecule has 4 fully saturated rings. The van der Waals surface area contributed by atoms with Crippen LogP contribution in [0.2, 0.25) is 10.0 Å². The number of ether oxygens (including phenoxy) is 2. The molecule has 4 aromatic rings. The van der Waals surface area contributed by atoms with Crippen LogP contribution < -0.4 is 4.90 Å². The molecule has 6 nitrogen and oxygen atoms in total. The maximum atomic E-state index is 6.67. The fraction of sp³-hybridized carbons (Fsp3) is 0.467. The molecule has 2 aliphatic carbocycles. The smallest absolute Gasteiger partial charge is 0.186 e. The lowest BCUT2D eigenvalue weighted by atomic mass is 9.98. The van der Waals surface area contributed by atoms with Gasteiger partial charge in [0.25, 0.3) is 0 Å². The van der Waals surface area contributed by atoms with Crippen molar-refractivity contribution in [2.75, 3.05) is 24.7 Å². The Hall–Kier alpha value is -2.16. The summed E-state index contributed by atoms with van der Waals surface area (Å²) >= 11 is 15.0. The van der Waals surface area contributed by atoms with Crippen molar-refractivity contribution < 1.29 is 9.47 Å². The summed E-state index contributed by atoms with van der Waals surface area (Å²) in [6.07, 6.45) is 7.74. The van der Waals surface area contributed by atoms with E-state index in [0.29, 0.717) is 40.6 Å². The Kier molecular flexibility index (Phi) is 6.15. The standard InChI is InChI=1S/C30H30Cl2N4O2S/c31-23-4-2-5-24(32)28(23)22-13-33-36(19-7-8-19)25(22)16-38-26-12-20-11-18(26)14-35(20)30-34-29-21(17-9-10-37-15-17)3-1-6-27(29)39-30/h1-6,13,17-20,26H,7-12,14-16H2/t17-,18+,20+,26-/m1/s1. The van der Waals surface area contributed by atoms with Crippen molar-refractivity contribution in [3.63, 3.8) is 0 Å². The van der Waals surface area contributed by atoms with Crippen molar-refractivity contribution in [1.29, 1.82) is 0 Å². The molecule has 8 rings (SSSR count). The van der Waals surface area contributed by atoms with Gasteiger partial charge in [0.15, 0.2) is 5.13 Å². The molecule has 2 saturated carbocycles. The molecule has 0 N–H and O–H groups in total. The van der Waals surface area contributed by atoms with Crippen molar-refractivity contribution >= 4 is 49.9 Å². The summed E-state index contributed by atoms with van der Waals surface area (Å²) in [5.74, 6) is 0.973. The largest absolute Gasteiger partial charge is 0.381 e. The maximum Gasteiger partial charge on any atom is 0.186 e. The van der Waals surface area contributed by atoms with E-state index in [-0.39, 0.29) is 6.10 Å². The van der Waals surface area contributed by atoms with Gasteiger partial charge in [0.2, 0.25) is 0 Å². The van der Waals surface area contributed by atoms with Crippen LogP contribution in [0.5, 0.6) is 0 Å². The second kappa shape index (κ2) is 9.74. The zero-order valence-electron chi connectivity index (χ0n) is 21.6. The number of hydrogen-bond donors (Lipinski definition) is 0. The first-order valence-corrected chi connectivity index (χ1v) is 15.6. The number of halogens is 2. The third-order valence-corrected chi connectivity index (χ3v) is 10.7. The second-order valence-corrected chi connectivity index (χ2v) is 13.2. The van der Waals surface area contributed by atoms with Gasteiger partial charge in [-0.2, -0.15) is 5.10 Å². The Bertz CT molecular complexity index is 1520. The monoisotopic (exact) mass is 580 g/mol. The molecule has 2 aliphatic heterocycles. The van der Waals surface area contributed by atoms with Gasteiger partial charge in [-0.3, -0.25) is 4.68 Å². The van der Waals surface area contributed by atoms with Crippen LogP contribution in [0.4, 0.5) is 5.13 Å². The average molecular weight is 582 g/mol. The third kappa shape index (κ3) is 4.29. The Labute approximate surface area is 241 Å². The number of anilines is 1. The normalized spacial score (nSPS) is 26.4. The van der Waals surface area contributed by atoms with Gasteiger partial charge in [-0.1, -0.05) is 52.7 Å². The third-order valence-electron chi connectivity index (χ3n) is 8.99. The number of aromatic nitrogens is 3. The highest BCUT2D eigenvalue weighted by molar-refractivity contribution is 7.22. The number of benzene rings is 2. The summed E-state index contributed by atoms with van der Waals surface area (Å²) in [4.78, 5) is 7.72. The van der Waals surface area contributed by atoms with Crippen molar-refractivity contribution in [3.05, 3.63) is 63.9 Å². The van der Waals surface area contributed by atoms with E-state index in [0.717, 1.165) is 73.8 Å². The van der Waals surface area contributed by atoms with Gasteiger partial charge in [-0.15, -0.1) is 0 Å². The number of thiazole rings is 1. The van der Waals surface area contributed by atoms with E-state index in [1.165, 1.54) is 15.8 Å². The Morgan fingerprint density at radius 3 is 2.62 bits per heavy atom. The lowest BCUT2D eigenvalue weighted by Crippen LogP contribution is -2.38. The molecule has 0 amide bonds. The summed E-state index contributed by atoms with van der Waals surface area (Å²) in [7, 11) is 0. The van der Waals surface area contributed by atoms with Gasteiger partial charge in [0.05, 0.1) is 57.5 Å². The minimum absolute atomic E-state index is 0.240. The first-order valence-electron chi connectivity index (χ1n) is 14.0. The molecule has 2 bridgehead atoms. The van der Waals surface area contributed by atoms with E-state index in [4.69, 9.17) is 42.8 Å². The van der Waals surface area contributed by atoms with E-state index >= 15 is 0 Å². The lowest BCUT2D eigenvalue weighted by Gasteiger charge is -2.31. The molecule has 0 radical (unpaired) electrons. The number of fused-ring (bicyclic) bond motifs is 3. The van der Waals surface area contributed by atoms with E-state index in [9.17, 15) is 0 Å². The summed E-state index contributed by atoms with van der Waals surface area (Å²) in [5.41, 5.74) is 5.44. The van der Waals surface area contributed by atoms with E-state index in [1.807, 2.05) is 35.7 Å². The van der Waals surface area contributed by atoms with Crippen molar-refractivity contribution in [2.24, 2.45) is 5.92 Å². The summed E-state index contributed by atoms with van der Waals surface area (Å²) < 4.78 is 15.8. The summed E-state index contributed by atoms with van der Waals surface area (Å²) in [6.45, 7) is 3.18. The van der Waals surface area contributed by atoms with Crippen LogP contribution in [0.25, 0.3) is 21.3 Å². The second-order valence-electron chi connectivity index (χ2n) is 11.4. The number of rotatable bonds is 7. The van der Waals surface area contributed by atoms with Gasteiger partial charge >= 0.3 is 0 Å². The molecule has 2 saturated heterocycles.